The third-order valence-electron chi connectivity index (χ3n) is 4.68. The molecule has 9 heteroatoms. The number of hydrogen-bond acceptors (Lipinski definition) is 8. The summed E-state index contributed by atoms with van der Waals surface area (Å²) in [6.07, 6.45) is 6.51. The van der Waals surface area contributed by atoms with Crippen molar-refractivity contribution in [1.82, 2.24) is 9.97 Å². The molecule has 1 saturated carbocycles. The number of aromatic nitrogens is 2. The van der Waals surface area contributed by atoms with Crippen LogP contribution in [0.1, 0.15) is 37.7 Å². The molecule has 2 heterocycles. The minimum atomic E-state index is -0.536. The number of nitrogens with two attached hydrogens (primary N) is 1. The third-order valence-corrected chi connectivity index (χ3v) is 5.55. The van der Waals surface area contributed by atoms with Gasteiger partial charge in [-0.2, -0.15) is 5.26 Å². The van der Waals surface area contributed by atoms with Gasteiger partial charge in [0.2, 0.25) is 5.91 Å². The molecule has 0 bridgehead atoms. The van der Waals surface area contributed by atoms with Crippen molar-refractivity contribution in [2.75, 3.05) is 16.8 Å². The lowest BCUT2D eigenvalue weighted by atomic mass is 9.94. The topological polar surface area (TPSA) is 123 Å². The molecule has 0 radical (unpaired) electrons. The van der Waals surface area contributed by atoms with Gasteiger partial charge in [-0.3, -0.25) is 4.79 Å². The van der Waals surface area contributed by atoms with E-state index in [1.165, 1.54) is 12.6 Å². The Hall–Kier alpha value is -2.99. The highest BCUT2D eigenvalue weighted by atomic mass is 32.2. The summed E-state index contributed by atoms with van der Waals surface area (Å²) in [6.45, 7) is 0. The number of thioether (sulfide) groups is 1. The van der Waals surface area contributed by atoms with Crippen LogP contribution in [0.3, 0.4) is 0 Å². The van der Waals surface area contributed by atoms with Gasteiger partial charge in [-0.15, -0.1) is 0 Å². The first kappa shape index (κ1) is 18.4. The van der Waals surface area contributed by atoms with E-state index in [9.17, 15) is 4.79 Å². The van der Waals surface area contributed by atoms with E-state index in [1.807, 2.05) is 12.1 Å². The maximum atomic E-state index is 12.2. The van der Waals surface area contributed by atoms with Crippen molar-refractivity contribution in [3.05, 3.63) is 30.0 Å². The summed E-state index contributed by atoms with van der Waals surface area (Å²) in [7, 11) is 0. The predicted molar refractivity (Wildman–Crippen MR) is 104 cm³/mol. The van der Waals surface area contributed by atoms with E-state index >= 15 is 0 Å². The van der Waals surface area contributed by atoms with Crippen molar-refractivity contribution in [2.45, 2.75) is 43.0 Å². The van der Waals surface area contributed by atoms with Gasteiger partial charge in [0, 0.05) is 24.6 Å². The Bertz CT molecular complexity index is 953. The van der Waals surface area contributed by atoms with Crippen LogP contribution < -0.4 is 20.5 Å². The average molecular weight is 397 g/mol. The fourth-order valence-corrected chi connectivity index (χ4v) is 3.95. The van der Waals surface area contributed by atoms with Gasteiger partial charge >= 0.3 is 0 Å². The minimum absolute atomic E-state index is 0.104. The zero-order valence-electron chi connectivity index (χ0n) is 15.1. The number of carbonyl (C=O) groups excluding carboxylic acids is 1. The fourth-order valence-electron chi connectivity index (χ4n) is 3.33. The summed E-state index contributed by atoms with van der Waals surface area (Å²) in [5.74, 6) is 0.859. The molecular formula is C19H19N5O3S. The van der Waals surface area contributed by atoms with E-state index in [1.54, 1.807) is 12.1 Å². The molecule has 8 nitrogen and oxygen atoms in total. The molecule has 1 fully saturated rings. The number of hydrogen-bond donors (Lipinski definition) is 2. The molecule has 0 unspecified atom stereocenters. The molecule has 1 amide bonds. The largest absolute Gasteiger partial charge is 0.448 e. The van der Waals surface area contributed by atoms with Crippen molar-refractivity contribution < 1.29 is 14.3 Å². The number of nitriles is 1. The molecule has 1 aromatic carbocycles. The van der Waals surface area contributed by atoms with E-state index in [0.29, 0.717) is 16.6 Å². The van der Waals surface area contributed by atoms with Crippen LogP contribution in [-0.2, 0) is 4.79 Å². The van der Waals surface area contributed by atoms with Crippen LogP contribution in [0, 0.1) is 11.3 Å². The smallest absolute Gasteiger partial charge is 0.251 e. The Kier molecular flexibility index (Phi) is 4.96. The molecule has 144 valence electrons. The quantitative estimate of drug-likeness (QED) is 0.596. The van der Waals surface area contributed by atoms with E-state index in [-0.39, 0.29) is 23.0 Å². The van der Waals surface area contributed by atoms with Crippen LogP contribution in [-0.4, -0.2) is 27.4 Å². The number of amides is 1. The summed E-state index contributed by atoms with van der Waals surface area (Å²) >= 11 is 1.14. The molecule has 28 heavy (non-hydrogen) atoms. The first-order chi connectivity index (χ1) is 13.6. The second-order valence-electron chi connectivity index (χ2n) is 6.74. The van der Waals surface area contributed by atoms with Crippen LogP contribution in [0.4, 0.5) is 11.5 Å². The number of nitrogen functional groups attached to an aromatic ring is 1. The maximum absolute atomic E-state index is 12.2. The van der Waals surface area contributed by atoms with E-state index < -0.39 is 5.79 Å². The highest BCUT2D eigenvalue weighted by Crippen LogP contribution is 2.46. The monoisotopic (exact) mass is 397 g/mol. The van der Waals surface area contributed by atoms with Gasteiger partial charge in [0.15, 0.2) is 16.7 Å². The van der Waals surface area contributed by atoms with E-state index in [4.69, 9.17) is 20.5 Å². The van der Waals surface area contributed by atoms with Crippen molar-refractivity contribution in [2.24, 2.45) is 0 Å². The minimum Gasteiger partial charge on any atom is -0.448 e. The first-order valence-electron chi connectivity index (χ1n) is 9.04. The number of ether oxygens (including phenoxy) is 2. The summed E-state index contributed by atoms with van der Waals surface area (Å²) in [5.41, 5.74) is 6.51. The molecule has 1 spiro atoms. The Labute approximate surface area is 166 Å². The van der Waals surface area contributed by atoms with Crippen molar-refractivity contribution in [1.29, 1.82) is 5.26 Å². The highest BCUT2D eigenvalue weighted by molar-refractivity contribution is 7.99. The second-order valence-corrected chi connectivity index (χ2v) is 7.68. The standard InChI is InChI=1S/C19H19N5O3S/c20-9-12-10-22-18(24-17(12)21)28-11-16(25)23-13-4-5-14-15(8-13)27-19(26-14)6-2-1-3-7-19/h4-5,8,10H,1-3,6-7,11H2,(H,23,25)(H2,21,22,24). The number of rotatable bonds is 4. The molecule has 2 aromatic rings. The van der Waals surface area contributed by atoms with Gasteiger partial charge in [-0.05, 0) is 25.0 Å². The SMILES string of the molecule is N#Cc1cnc(SCC(=O)Nc2ccc3c(c2)OC2(CCCCC2)O3)nc1N. The number of nitrogens with one attached hydrogen (secondary N) is 1. The van der Waals surface area contributed by atoms with E-state index in [2.05, 4.69) is 15.3 Å². The molecule has 4 rings (SSSR count). The van der Waals surface area contributed by atoms with Crippen LogP contribution in [0.15, 0.2) is 29.6 Å². The number of benzene rings is 1. The fraction of sp³-hybridized carbons (Fsp3) is 0.368. The summed E-state index contributed by atoms with van der Waals surface area (Å²) in [5, 5.41) is 12.0. The number of anilines is 2. The summed E-state index contributed by atoms with van der Waals surface area (Å²) in [4.78, 5) is 20.3. The zero-order valence-corrected chi connectivity index (χ0v) is 15.9. The summed E-state index contributed by atoms with van der Waals surface area (Å²) in [6, 6.07) is 7.31. The Morgan fingerprint density at radius 1 is 1.29 bits per heavy atom. The Balaban J connectivity index is 1.35. The van der Waals surface area contributed by atoms with Gasteiger partial charge in [-0.1, -0.05) is 18.2 Å². The van der Waals surface area contributed by atoms with Gasteiger partial charge in [0.05, 0.1) is 11.9 Å². The normalized spacial score (nSPS) is 16.5. The molecule has 1 aromatic heterocycles. The van der Waals surface area contributed by atoms with Crippen LogP contribution >= 0.6 is 11.8 Å². The van der Waals surface area contributed by atoms with Crippen molar-refractivity contribution >= 4 is 29.2 Å². The molecule has 3 N–H and O–H groups in total. The Morgan fingerprint density at radius 3 is 2.82 bits per heavy atom. The lowest BCUT2D eigenvalue weighted by Crippen LogP contribution is -2.40. The van der Waals surface area contributed by atoms with Gasteiger partial charge in [0.25, 0.3) is 5.79 Å². The van der Waals surface area contributed by atoms with Crippen LogP contribution in [0.2, 0.25) is 0 Å². The predicted octanol–water partition coefficient (Wildman–Crippen LogP) is 3.09. The number of carbonyl (C=O) groups is 1. The molecule has 1 aliphatic carbocycles. The molecule has 0 saturated heterocycles. The average Bonchev–Trinajstić information content (AvgIpc) is 3.03. The number of nitrogens with zero attached hydrogens (tertiary/aromatic N) is 3. The van der Waals surface area contributed by atoms with Crippen LogP contribution in [0.5, 0.6) is 11.5 Å². The molecule has 0 atom stereocenters. The van der Waals surface area contributed by atoms with E-state index in [0.717, 1.165) is 43.2 Å². The molecule has 2 aliphatic rings. The first-order valence-corrected chi connectivity index (χ1v) is 10.0. The van der Waals surface area contributed by atoms with Gasteiger partial charge < -0.3 is 20.5 Å². The lowest BCUT2D eigenvalue weighted by Gasteiger charge is -2.31. The van der Waals surface area contributed by atoms with Crippen molar-refractivity contribution in [3.63, 3.8) is 0 Å². The Morgan fingerprint density at radius 2 is 2.07 bits per heavy atom. The second kappa shape index (κ2) is 7.56. The van der Waals surface area contributed by atoms with Gasteiger partial charge in [0.1, 0.15) is 17.5 Å². The van der Waals surface area contributed by atoms with Crippen LogP contribution in [0.25, 0.3) is 0 Å². The molecular weight excluding hydrogens is 378 g/mol. The third kappa shape index (κ3) is 3.82. The molecule has 1 aliphatic heterocycles. The zero-order chi connectivity index (χ0) is 19.6. The van der Waals surface area contributed by atoms with Crippen molar-refractivity contribution in [3.8, 4) is 17.6 Å². The number of fused-ring (bicyclic) bond motifs is 1. The summed E-state index contributed by atoms with van der Waals surface area (Å²) < 4.78 is 12.1. The maximum Gasteiger partial charge on any atom is 0.251 e. The van der Waals surface area contributed by atoms with Gasteiger partial charge in [-0.25, -0.2) is 9.97 Å². The lowest BCUT2D eigenvalue weighted by molar-refractivity contribution is -0.113. The highest BCUT2D eigenvalue weighted by Gasteiger charge is 2.42.